The largest absolute Gasteiger partial charge is 0.192 e. The van der Waals surface area contributed by atoms with Crippen LogP contribution in [0.15, 0.2) is 32.2 Å². The van der Waals surface area contributed by atoms with Gasteiger partial charge >= 0.3 is 0 Å². The van der Waals surface area contributed by atoms with Crippen LogP contribution in [0, 0.1) is 45.3 Å². The summed E-state index contributed by atoms with van der Waals surface area (Å²) in [4.78, 5) is 10.1. The highest BCUT2D eigenvalue weighted by atomic mass is 79.9. The lowest BCUT2D eigenvalue weighted by Crippen LogP contribution is -2.55. The van der Waals surface area contributed by atoms with Crippen molar-refractivity contribution in [2.75, 3.05) is 0 Å². The summed E-state index contributed by atoms with van der Waals surface area (Å²) in [5, 5.41) is 44.4. The summed E-state index contributed by atoms with van der Waals surface area (Å²) in [5.74, 6) is 0. The van der Waals surface area contributed by atoms with Gasteiger partial charge in [-0.1, -0.05) is 79.1 Å². The highest BCUT2D eigenvalue weighted by molar-refractivity contribution is 9.11. The fourth-order valence-electron chi connectivity index (χ4n) is 8.24. The van der Waals surface area contributed by atoms with Gasteiger partial charge in [-0.3, -0.25) is 0 Å². The molecule has 2 aliphatic heterocycles. The summed E-state index contributed by atoms with van der Waals surface area (Å²) in [7, 11) is -4.33. The number of rotatable bonds is 15. The van der Waals surface area contributed by atoms with Crippen molar-refractivity contribution < 1.29 is 0 Å². The van der Waals surface area contributed by atoms with Gasteiger partial charge in [0.1, 0.15) is 51.6 Å². The summed E-state index contributed by atoms with van der Waals surface area (Å²) in [6, 6.07) is 17.8. The molecular formula is C40H40Br2N4S4Si2. The van der Waals surface area contributed by atoms with Gasteiger partial charge in [-0.15, -0.1) is 45.3 Å². The Morgan fingerprint density at radius 1 is 0.538 bits per heavy atom. The van der Waals surface area contributed by atoms with Gasteiger partial charge in [-0.25, -0.2) is 0 Å². The Labute approximate surface area is 343 Å². The maximum atomic E-state index is 9.56. The van der Waals surface area contributed by atoms with Crippen molar-refractivity contribution in [3.05, 3.63) is 42.0 Å². The fourth-order valence-corrected chi connectivity index (χ4v) is 31.8. The number of halogens is 2. The normalized spacial score (nSPS) is 14.0. The minimum atomic E-state index is -2.16. The monoisotopic (exact) mass is 918 g/mol. The maximum absolute atomic E-state index is 9.56. The van der Waals surface area contributed by atoms with E-state index in [4.69, 9.17) is 0 Å². The topological polar surface area (TPSA) is 95.2 Å². The van der Waals surface area contributed by atoms with Gasteiger partial charge in [0, 0.05) is 38.2 Å². The Kier molecular flexibility index (Phi) is 12.5. The minimum Gasteiger partial charge on any atom is -0.192 e. The van der Waals surface area contributed by atoms with Gasteiger partial charge in [-0.2, -0.15) is 21.0 Å². The number of allylic oxidation sites excluding steroid dienone is 2. The average molecular weight is 921 g/mol. The quantitative estimate of drug-likeness (QED) is 0.0876. The lowest BCUT2D eigenvalue weighted by molar-refractivity contribution is 0.838. The Hall–Kier alpha value is -2.37. The zero-order valence-electron chi connectivity index (χ0n) is 30.0. The second-order valence-electron chi connectivity index (χ2n) is 13.8. The first-order valence-electron chi connectivity index (χ1n) is 18.2. The molecular weight excluding hydrogens is 881 g/mol. The Bertz CT molecular complexity index is 2050. The van der Waals surface area contributed by atoms with Crippen molar-refractivity contribution >= 4 is 126 Å². The van der Waals surface area contributed by atoms with Crippen molar-refractivity contribution in [1.29, 1.82) is 21.0 Å². The van der Waals surface area contributed by atoms with E-state index in [0.717, 1.165) is 35.4 Å². The molecule has 0 saturated carbocycles. The minimum absolute atomic E-state index is 0.154. The van der Waals surface area contributed by atoms with Crippen LogP contribution in [0.25, 0.3) is 41.4 Å². The molecule has 0 amide bonds. The van der Waals surface area contributed by atoms with Crippen molar-refractivity contribution in [3.63, 3.8) is 0 Å². The summed E-state index contributed by atoms with van der Waals surface area (Å²) in [5.41, 5.74) is 0.308. The molecule has 266 valence electrons. The number of hydrogen-bond acceptors (Lipinski definition) is 8. The molecule has 52 heavy (non-hydrogen) atoms. The van der Waals surface area contributed by atoms with Gasteiger partial charge in [0.15, 0.2) is 0 Å². The van der Waals surface area contributed by atoms with Crippen LogP contribution in [0.4, 0.5) is 0 Å². The zero-order valence-corrected chi connectivity index (χ0v) is 38.4. The van der Waals surface area contributed by atoms with E-state index in [1.807, 2.05) is 22.7 Å². The second-order valence-corrected chi connectivity index (χ2v) is 28.0. The van der Waals surface area contributed by atoms with E-state index < -0.39 is 16.1 Å². The predicted molar refractivity (Wildman–Crippen MR) is 237 cm³/mol. The smallest absolute Gasteiger partial charge is 0.131 e. The standard InChI is InChI=1S/C40H40Br2N4S4Si2/c1-5-9-13-51(14-10-6-2)29-19-27(17-25(21-43)22-44)47-33(29)37-39(51)31(41)35(49-37)36-32(42)40-38(50-36)34-30(20-28(48-34)18-26(23-45)24-46)52(40,15-11-7-3)16-12-8-4/h17-20H,5-16H2,1-4H3. The molecule has 0 unspecified atom stereocenters. The van der Waals surface area contributed by atoms with E-state index in [2.05, 4.69) is 96.0 Å². The molecule has 4 aromatic rings. The molecule has 6 rings (SSSR count). The molecule has 4 aromatic heterocycles. The highest BCUT2D eigenvalue weighted by Gasteiger charge is 2.52. The molecule has 0 radical (unpaired) electrons. The Morgan fingerprint density at radius 3 is 1.15 bits per heavy atom. The van der Waals surface area contributed by atoms with E-state index in [1.54, 1.807) is 45.2 Å². The van der Waals surface area contributed by atoms with E-state index in [1.165, 1.54) is 98.4 Å². The Morgan fingerprint density at radius 2 is 0.865 bits per heavy atom. The summed E-state index contributed by atoms with van der Waals surface area (Å²) in [6.07, 6.45) is 12.9. The first-order chi connectivity index (χ1) is 25.2. The molecule has 0 bridgehead atoms. The number of hydrogen-bond donors (Lipinski definition) is 0. The van der Waals surface area contributed by atoms with E-state index >= 15 is 0 Å². The van der Waals surface area contributed by atoms with Crippen LogP contribution in [0.5, 0.6) is 0 Å². The van der Waals surface area contributed by atoms with E-state index in [-0.39, 0.29) is 11.1 Å². The fraction of sp³-hybridized carbons (Fsp3) is 0.400. The van der Waals surface area contributed by atoms with Gasteiger partial charge in [-0.05, 0) is 101 Å². The van der Waals surface area contributed by atoms with Crippen LogP contribution in [-0.2, 0) is 0 Å². The van der Waals surface area contributed by atoms with Gasteiger partial charge in [0.05, 0.1) is 9.75 Å². The SMILES string of the molecule is CCCC[Si]1(CCCC)c2cc(C=C(C#N)C#N)sc2-c2sc(-c3sc4c(c3Br)[Si](CCCC)(CCCC)c3cc(C=C(C#N)C#N)sc3-4)c(Br)c21. The second kappa shape index (κ2) is 16.6. The number of unbranched alkanes of at least 4 members (excludes halogenated alkanes) is 4. The van der Waals surface area contributed by atoms with E-state index in [0.29, 0.717) is 0 Å². The third kappa shape index (κ3) is 6.56. The molecule has 0 fully saturated rings. The third-order valence-electron chi connectivity index (χ3n) is 10.7. The number of thiophene rings is 4. The highest BCUT2D eigenvalue weighted by Crippen LogP contribution is 2.55. The van der Waals surface area contributed by atoms with Crippen molar-refractivity contribution in [1.82, 2.24) is 0 Å². The van der Waals surface area contributed by atoms with E-state index in [9.17, 15) is 21.0 Å². The van der Waals surface area contributed by atoms with Crippen LogP contribution >= 0.6 is 77.2 Å². The van der Waals surface area contributed by atoms with Crippen molar-refractivity contribution in [2.24, 2.45) is 0 Å². The summed E-state index contributed by atoms with van der Waals surface area (Å²) in [6.45, 7) is 9.17. The molecule has 12 heteroatoms. The lowest BCUT2D eigenvalue weighted by Gasteiger charge is -2.30. The third-order valence-corrected chi connectivity index (χ3v) is 29.9. The van der Waals surface area contributed by atoms with Crippen molar-refractivity contribution in [2.45, 2.75) is 103 Å². The summed E-state index contributed by atoms with van der Waals surface area (Å²) >= 11 is 16.0. The first-order valence-corrected chi connectivity index (χ1v) is 27.9. The first kappa shape index (κ1) is 39.3. The average Bonchev–Trinajstić information content (AvgIpc) is 3.98. The van der Waals surface area contributed by atoms with Crippen molar-refractivity contribution in [3.8, 4) is 53.5 Å². The molecule has 0 aromatic carbocycles. The molecule has 0 atom stereocenters. The molecule has 0 spiro atoms. The lowest BCUT2D eigenvalue weighted by atomic mass is 10.2. The molecule has 6 heterocycles. The van der Waals surface area contributed by atoms with Gasteiger partial charge in [0.25, 0.3) is 0 Å². The van der Waals surface area contributed by atoms with Gasteiger partial charge < -0.3 is 0 Å². The maximum Gasteiger partial charge on any atom is 0.131 e. The predicted octanol–water partition coefficient (Wildman–Crippen LogP) is 12.3. The molecule has 0 saturated heterocycles. The van der Waals surface area contributed by atoms with Crippen LogP contribution in [0.1, 0.15) is 88.8 Å². The number of nitriles is 4. The van der Waals surface area contributed by atoms with Crippen LogP contribution < -0.4 is 20.7 Å². The zero-order chi connectivity index (χ0) is 37.2. The molecule has 0 aliphatic carbocycles. The molecule has 2 aliphatic rings. The van der Waals surface area contributed by atoms with Crippen LogP contribution in [0.2, 0.25) is 24.2 Å². The molecule has 0 N–H and O–H groups in total. The number of nitrogens with zero attached hydrogens (tertiary/aromatic N) is 4. The van der Waals surface area contributed by atoms with Gasteiger partial charge in [0.2, 0.25) is 0 Å². The van der Waals surface area contributed by atoms with Crippen LogP contribution in [0.3, 0.4) is 0 Å². The van der Waals surface area contributed by atoms with Crippen LogP contribution in [-0.4, -0.2) is 16.1 Å². The summed E-state index contributed by atoms with van der Waals surface area (Å²) < 4.78 is 2.55. The molecule has 4 nitrogen and oxygen atoms in total. The Balaban J connectivity index is 1.59. The number of fused-ring (bicyclic) bond motifs is 6.